The second-order valence-corrected chi connectivity index (χ2v) is 3.69. The predicted octanol–water partition coefficient (Wildman–Crippen LogP) is 0.918. The molecule has 1 heterocycles. The SMILES string of the molecule is Cn1ncnc1NC(=O)Nc1cccc(CN)c1. The van der Waals surface area contributed by atoms with E-state index in [0.29, 0.717) is 18.2 Å². The Hall–Kier alpha value is -2.41. The number of urea groups is 1. The Balaban J connectivity index is 2.01. The van der Waals surface area contributed by atoms with Gasteiger partial charge < -0.3 is 11.1 Å². The number of nitrogens with two attached hydrogens (primary N) is 1. The summed E-state index contributed by atoms with van der Waals surface area (Å²) in [5.74, 6) is 0.377. The molecule has 7 nitrogen and oxygen atoms in total. The van der Waals surface area contributed by atoms with Crippen LogP contribution in [0.4, 0.5) is 16.4 Å². The fraction of sp³-hybridized carbons (Fsp3) is 0.182. The van der Waals surface area contributed by atoms with E-state index < -0.39 is 0 Å². The smallest absolute Gasteiger partial charge is 0.326 e. The van der Waals surface area contributed by atoms with E-state index in [9.17, 15) is 4.79 Å². The van der Waals surface area contributed by atoms with Gasteiger partial charge in [-0.3, -0.25) is 5.32 Å². The molecule has 0 fully saturated rings. The van der Waals surface area contributed by atoms with Crippen LogP contribution in [0.25, 0.3) is 0 Å². The number of benzene rings is 1. The fourth-order valence-corrected chi connectivity index (χ4v) is 1.45. The summed E-state index contributed by atoms with van der Waals surface area (Å²) in [5, 5.41) is 9.13. The lowest BCUT2D eigenvalue weighted by atomic mass is 10.2. The molecule has 0 aliphatic carbocycles. The van der Waals surface area contributed by atoms with Gasteiger partial charge in [0, 0.05) is 19.3 Å². The first-order chi connectivity index (χ1) is 8.69. The van der Waals surface area contributed by atoms with Crippen molar-refractivity contribution in [2.75, 3.05) is 10.6 Å². The molecule has 0 aliphatic rings. The highest BCUT2D eigenvalue weighted by molar-refractivity contribution is 5.98. The number of rotatable bonds is 3. The second-order valence-electron chi connectivity index (χ2n) is 3.69. The average molecular weight is 246 g/mol. The molecule has 0 aliphatic heterocycles. The molecule has 94 valence electrons. The second kappa shape index (κ2) is 5.28. The quantitative estimate of drug-likeness (QED) is 0.750. The molecule has 0 spiro atoms. The summed E-state index contributed by atoms with van der Waals surface area (Å²) in [7, 11) is 1.69. The Bertz CT molecular complexity index is 550. The topological polar surface area (TPSA) is 97.9 Å². The molecule has 0 saturated heterocycles. The van der Waals surface area contributed by atoms with E-state index in [2.05, 4.69) is 20.7 Å². The molecule has 2 amide bonds. The van der Waals surface area contributed by atoms with Crippen molar-refractivity contribution in [3.63, 3.8) is 0 Å². The molecule has 4 N–H and O–H groups in total. The van der Waals surface area contributed by atoms with E-state index in [0.717, 1.165) is 5.56 Å². The molecule has 2 aromatic rings. The van der Waals surface area contributed by atoms with Gasteiger partial charge in [-0.2, -0.15) is 10.1 Å². The molecule has 0 unspecified atom stereocenters. The van der Waals surface area contributed by atoms with Crippen molar-refractivity contribution in [1.29, 1.82) is 0 Å². The van der Waals surface area contributed by atoms with E-state index in [1.54, 1.807) is 13.1 Å². The van der Waals surface area contributed by atoms with Crippen molar-refractivity contribution in [2.24, 2.45) is 12.8 Å². The molecule has 1 aromatic carbocycles. The van der Waals surface area contributed by atoms with Crippen LogP contribution in [-0.4, -0.2) is 20.8 Å². The predicted molar refractivity (Wildman–Crippen MR) is 68.0 cm³/mol. The normalized spacial score (nSPS) is 10.1. The summed E-state index contributed by atoms with van der Waals surface area (Å²) in [4.78, 5) is 15.6. The van der Waals surface area contributed by atoms with E-state index in [1.165, 1.54) is 11.0 Å². The standard InChI is InChI=1S/C11H14N6O/c1-17-10(13-7-14-17)16-11(18)15-9-4-2-3-8(5-9)6-12/h2-5,7H,6,12H2,1H3,(H2,13,14,15,16,18). The molecule has 0 radical (unpaired) electrons. The van der Waals surface area contributed by atoms with Crippen molar-refractivity contribution in [3.05, 3.63) is 36.2 Å². The van der Waals surface area contributed by atoms with Crippen LogP contribution >= 0.6 is 0 Å². The number of aryl methyl sites for hydroxylation is 1. The minimum absolute atomic E-state index is 0.375. The summed E-state index contributed by atoms with van der Waals surface area (Å²) in [5.41, 5.74) is 7.16. The number of aromatic nitrogens is 3. The summed E-state index contributed by atoms with van der Waals surface area (Å²) >= 11 is 0. The van der Waals surface area contributed by atoms with Crippen molar-refractivity contribution in [3.8, 4) is 0 Å². The lowest BCUT2D eigenvalue weighted by Gasteiger charge is -2.07. The number of hydrogen-bond acceptors (Lipinski definition) is 4. The van der Waals surface area contributed by atoms with Crippen LogP contribution in [0, 0.1) is 0 Å². The first kappa shape index (κ1) is 12.1. The third-order valence-corrected chi connectivity index (χ3v) is 2.36. The number of carbonyl (C=O) groups is 1. The third kappa shape index (κ3) is 2.83. The highest BCUT2D eigenvalue weighted by Crippen LogP contribution is 2.10. The van der Waals surface area contributed by atoms with Gasteiger partial charge in [0.1, 0.15) is 6.33 Å². The van der Waals surface area contributed by atoms with Crippen molar-refractivity contribution < 1.29 is 4.79 Å². The van der Waals surface area contributed by atoms with E-state index in [4.69, 9.17) is 5.73 Å². The van der Waals surface area contributed by atoms with Crippen molar-refractivity contribution in [2.45, 2.75) is 6.54 Å². The van der Waals surface area contributed by atoms with Crippen LogP contribution in [0.15, 0.2) is 30.6 Å². The van der Waals surface area contributed by atoms with Gasteiger partial charge >= 0.3 is 6.03 Å². The summed E-state index contributed by atoms with van der Waals surface area (Å²) in [6.07, 6.45) is 1.37. The fourth-order valence-electron chi connectivity index (χ4n) is 1.45. The summed E-state index contributed by atoms with van der Waals surface area (Å²) in [6, 6.07) is 6.96. The zero-order valence-corrected chi connectivity index (χ0v) is 9.92. The lowest BCUT2D eigenvalue weighted by molar-refractivity contribution is 0.262. The Kier molecular flexibility index (Phi) is 3.54. The van der Waals surface area contributed by atoms with Gasteiger partial charge in [0.05, 0.1) is 0 Å². The number of nitrogens with one attached hydrogen (secondary N) is 2. The molecule has 2 rings (SSSR count). The molecular weight excluding hydrogens is 232 g/mol. The first-order valence-corrected chi connectivity index (χ1v) is 5.40. The Morgan fingerprint density at radius 1 is 1.44 bits per heavy atom. The maximum absolute atomic E-state index is 11.7. The Labute approximate surface area is 104 Å². The first-order valence-electron chi connectivity index (χ1n) is 5.40. The van der Waals surface area contributed by atoms with Gasteiger partial charge in [-0.1, -0.05) is 12.1 Å². The van der Waals surface area contributed by atoms with E-state index in [-0.39, 0.29) is 6.03 Å². The van der Waals surface area contributed by atoms with Gasteiger partial charge in [0.25, 0.3) is 0 Å². The number of nitrogens with zero attached hydrogens (tertiary/aromatic N) is 3. The molecule has 0 saturated carbocycles. The molecular formula is C11H14N6O. The largest absolute Gasteiger partial charge is 0.326 e. The van der Waals surface area contributed by atoms with Crippen molar-refractivity contribution >= 4 is 17.7 Å². The maximum atomic E-state index is 11.7. The highest BCUT2D eigenvalue weighted by atomic mass is 16.2. The van der Waals surface area contributed by atoms with E-state index in [1.807, 2.05) is 18.2 Å². The van der Waals surface area contributed by atoms with Crippen LogP contribution in [0.1, 0.15) is 5.56 Å². The van der Waals surface area contributed by atoms with Crippen LogP contribution in [0.3, 0.4) is 0 Å². The van der Waals surface area contributed by atoms with Gasteiger partial charge in [0.15, 0.2) is 0 Å². The number of anilines is 2. The van der Waals surface area contributed by atoms with Crippen LogP contribution in [0.2, 0.25) is 0 Å². The van der Waals surface area contributed by atoms with Crippen LogP contribution < -0.4 is 16.4 Å². The van der Waals surface area contributed by atoms with Gasteiger partial charge in [0.2, 0.25) is 5.95 Å². The zero-order valence-electron chi connectivity index (χ0n) is 9.92. The minimum atomic E-state index is -0.375. The molecule has 1 aromatic heterocycles. The Morgan fingerprint density at radius 2 is 2.28 bits per heavy atom. The average Bonchev–Trinajstić information content (AvgIpc) is 2.75. The van der Waals surface area contributed by atoms with Crippen molar-refractivity contribution in [1.82, 2.24) is 14.8 Å². The van der Waals surface area contributed by atoms with Crippen LogP contribution in [-0.2, 0) is 13.6 Å². The van der Waals surface area contributed by atoms with Crippen LogP contribution in [0.5, 0.6) is 0 Å². The summed E-state index contributed by atoms with van der Waals surface area (Å²) in [6.45, 7) is 0.431. The zero-order chi connectivity index (χ0) is 13.0. The maximum Gasteiger partial charge on any atom is 0.326 e. The highest BCUT2D eigenvalue weighted by Gasteiger charge is 2.06. The minimum Gasteiger partial charge on any atom is -0.326 e. The van der Waals surface area contributed by atoms with E-state index >= 15 is 0 Å². The third-order valence-electron chi connectivity index (χ3n) is 2.36. The number of hydrogen-bond donors (Lipinski definition) is 3. The molecule has 0 atom stereocenters. The molecule has 0 bridgehead atoms. The number of carbonyl (C=O) groups excluding carboxylic acids is 1. The van der Waals surface area contributed by atoms with Gasteiger partial charge in [-0.25, -0.2) is 9.48 Å². The van der Waals surface area contributed by atoms with Gasteiger partial charge in [-0.05, 0) is 17.7 Å². The van der Waals surface area contributed by atoms with Gasteiger partial charge in [-0.15, -0.1) is 0 Å². The monoisotopic (exact) mass is 246 g/mol. The molecule has 18 heavy (non-hydrogen) atoms. The number of amides is 2. The summed E-state index contributed by atoms with van der Waals surface area (Å²) < 4.78 is 1.47. The lowest BCUT2D eigenvalue weighted by Crippen LogP contribution is -2.21. The Morgan fingerprint density at radius 3 is 2.94 bits per heavy atom. The molecule has 7 heteroatoms.